The highest BCUT2D eigenvalue weighted by molar-refractivity contribution is 5.96. The highest BCUT2D eigenvalue weighted by atomic mass is 19.4. The molecule has 0 aromatic heterocycles. The number of hydrogen-bond acceptors (Lipinski definition) is 5. The topological polar surface area (TPSA) is 151 Å². The quantitative estimate of drug-likeness (QED) is 0.299. The van der Waals surface area contributed by atoms with Crippen LogP contribution in [0.25, 0.3) is 0 Å². The van der Waals surface area contributed by atoms with Gasteiger partial charge in [0.1, 0.15) is 18.1 Å². The van der Waals surface area contributed by atoms with Gasteiger partial charge >= 0.3 is 18.3 Å². The van der Waals surface area contributed by atoms with E-state index >= 15 is 0 Å². The predicted molar refractivity (Wildman–Crippen MR) is 121 cm³/mol. The van der Waals surface area contributed by atoms with Gasteiger partial charge in [0.2, 0.25) is 23.6 Å². The van der Waals surface area contributed by atoms with E-state index in [9.17, 15) is 50.3 Å². The molecule has 2 aliphatic heterocycles. The predicted octanol–water partition coefficient (Wildman–Crippen LogP) is 0.601. The van der Waals surface area contributed by atoms with Crippen LogP contribution < -0.4 is 21.7 Å². The van der Waals surface area contributed by atoms with Crippen molar-refractivity contribution in [1.29, 1.82) is 0 Å². The van der Waals surface area contributed by atoms with Crippen LogP contribution in [0.3, 0.4) is 0 Å². The van der Waals surface area contributed by atoms with Gasteiger partial charge in [-0.3, -0.25) is 24.0 Å². The summed E-state index contributed by atoms with van der Waals surface area (Å²) in [5, 5.41) is 6.15. The lowest BCUT2D eigenvalue weighted by Gasteiger charge is -2.36. The van der Waals surface area contributed by atoms with E-state index in [1.807, 2.05) is 0 Å². The lowest BCUT2D eigenvalue weighted by molar-refractivity contribution is -0.195. The van der Waals surface area contributed by atoms with Crippen molar-refractivity contribution in [2.75, 3.05) is 13.1 Å². The van der Waals surface area contributed by atoms with Crippen LogP contribution >= 0.6 is 0 Å². The number of fused-ring (bicyclic) bond motifs is 1. The lowest BCUT2D eigenvalue weighted by atomic mass is 9.92. The van der Waals surface area contributed by atoms with Crippen LogP contribution in [-0.2, 0) is 24.0 Å². The van der Waals surface area contributed by atoms with Crippen LogP contribution in [0.5, 0.6) is 0 Å². The number of amides is 5. The molecule has 39 heavy (non-hydrogen) atoms. The fraction of sp³-hybridized carbons (Fsp3) is 0.783. The minimum Gasteiger partial charge on any atom is -0.368 e. The molecule has 220 valence electrons. The normalized spacial score (nSPS) is 28.1. The summed E-state index contributed by atoms with van der Waals surface area (Å²) in [4.78, 5) is 63.1. The zero-order valence-corrected chi connectivity index (χ0v) is 21.4. The summed E-state index contributed by atoms with van der Waals surface area (Å²) in [6, 6.07) is -5.43. The molecule has 3 fully saturated rings. The number of rotatable bonds is 9. The Hall–Kier alpha value is -3.07. The van der Waals surface area contributed by atoms with E-state index in [1.54, 1.807) is 13.8 Å². The number of hydrogen-bond donors (Lipinski definition) is 4. The summed E-state index contributed by atoms with van der Waals surface area (Å²) in [7, 11) is 0. The summed E-state index contributed by atoms with van der Waals surface area (Å²) in [6.45, 7) is 4.63. The summed E-state index contributed by atoms with van der Waals surface area (Å²) in [5.74, 6) is -10.7. The Morgan fingerprint density at radius 3 is 2.21 bits per heavy atom. The fourth-order valence-electron chi connectivity index (χ4n) is 5.86. The van der Waals surface area contributed by atoms with E-state index in [2.05, 4.69) is 10.6 Å². The number of carbonyl (C=O) groups excluding carboxylic acids is 5. The molecule has 1 aliphatic carbocycles. The Morgan fingerprint density at radius 2 is 1.74 bits per heavy atom. The van der Waals surface area contributed by atoms with Gasteiger partial charge in [-0.25, -0.2) is 0 Å². The number of piperidine rings is 1. The first kappa shape index (κ1) is 30.5. The van der Waals surface area contributed by atoms with E-state index in [4.69, 9.17) is 5.73 Å². The average Bonchev–Trinajstić information content (AvgIpc) is 3.16. The van der Waals surface area contributed by atoms with Crippen LogP contribution in [0.4, 0.5) is 26.3 Å². The molecule has 0 bridgehead atoms. The zero-order valence-electron chi connectivity index (χ0n) is 21.4. The van der Waals surface area contributed by atoms with E-state index in [1.165, 1.54) is 5.32 Å². The summed E-state index contributed by atoms with van der Waals surface area (Å²) in [6.07, 6.45) is -11.3. The SMILES string of the molecule is CCC(C(NC(=O)C(F)(F)F)C(=O)N1C[C@H]2[C@@H]([C@H]1C(=O)N[C@@H](C[C@@H]1CCNC1=O)C(N)=O)C2(C)C)C(F)(F)F. The van der Waals surface area contributed by atoms with Crippen molar-refractivity contribution in [3.05, 3.63) is 0 Å². The van der Waals surface area contributed by atoms with Gasteiger partial charge in [-0.2, -0.15) is 26.3 Å². The molecular weight excluding hydrogens is 540 g/mol. The third kappa shape index (κ3) is 6.08. The van der Waals surface area contributed by atoms with Crippen molar-refractivity contribution in [3.8, 4) is 0 Å². The smallest absolute Gasteiger partial charge is 0.368 e. The number of likely N-dealkylation sites (tertiary alicyclic amines) is 1. The van der Waals surface area contributed by atoms with Gasteiger partial charge in [0.15, 0.2) is 0 Å². The largest absolute Gasteiger partial charge is 0.471 e. The molecule has 0 aromatic carbocycles. The molecule has 1 saturated carbocycles. The van der Waals surface area contributed by atoms with Crippen LogP contribution in [0.1, 0.15) is 40.0 Å². The molecule has 7 atom stereocenters. The van der Waals surface area contributed by atoms with Gasteiger partial charge in [0.05, 0.1) is 5.92 Å². The Balaban J connectivity index is 1.90. The molecule has 2 heterocycles. The standard InChI is InChI=1S/C23H31F6N5O5/c1-4-10(22(24,25)26)14(33-20(39)23(27,28)29)19(38)34-8-11-13(21(11,2)3)15(34)18(37)32-12(16(30)35)7-9-5-6-31-17(9)36/h9-15H,4-8H2,1-3H3,(H2,30,35)(H,31,36)(H,32,37)(H,33,39)/t9-,10?,11-,12-,13-,14?,15-/m0/s1. The van der Waals surface area contributed by atoms with E-state index in [0.29, 0.717) is 13.0 Å². The molecule has 0 radical (unpaired) electrons. The van der Waals surface area contributed by atoms with E-state index in [-0.39, 0.29) is 24.8 Å². The summed E-state index contributed by atoms with van der Waals surface area (Å²) in [5.41, 5.74) is 4.87. The maximum atomic E-state index is 13.7. The van der Waals surface area contributed by atoms with Gasteiger partial charge in [-0.15, -0.1) is 0 Å². The van der Waals surface area contributed by atoms with Crippen LogP contribution in [0.2, 0.25) is 0 Å². The van der Waals surface area contributed by atoms with Gasteiger partial charge < -0.3 is 26.6 Å². The molecule has 0 spiro atoms. The van der Waals surface area contributed by atoms with Crippen molar-refractivity contribution >= 4 is 29.5 Å². The lowest BCUT2D eigenvalue weighted by Crippen LogP contribution is -2.61. The number of carbonyl (C=O) groups is 5. The second kappa shape index (κ2) is 10.5. The van der Waals surface area contributed by atoms with Crippen LogP contribution in [-0.4, -0.2) is 78.0 Å². The monoisotopic (exact) mass is 571 g/mol. The van der Waals surface area contributed by atoms with Crippen molar-refractivity contribution in [3.63, 3.8) is 0 Å². The molecule has 5 amide bonds. The molecular formula is C23H31F6N5O5. The molecule has 5 N–H and O–H groups in total. The highest BCUT2D eigenvalue weighted by Gasteiger charge is 2.70. The molecule has 0 aromatic rings. The van der Waals surface area contributed by atoms with E-state index < -0.39 is 83.7 Å². The molecule has 10 nitrogen and oxygen atoms in total. The Morgan fingerprint density at radius 1 is 1.13 bits per heavy atom. The molecule has 16 heteroatoms. The van der Waals surface area contributed by atoms with Crippen molar-refractivity contribution < 1.29 is 50.3 Å². The van der Waals surface area contributed by atoms with Crippen LogP contribution in [0, 0.1) is 29.1 Å². The number of primary amides is 1. The second-order valence-corrected chi connectivity index (χ2v) is 10.9. The van der Waals surface area contributed by atoms with Crippen molar-refractivity contribution in [2.45, 2.75) is 70.5 Å². The third-order valence-electron chi connectivity index (χ3n) is 8.18. The zero-order chi connectivity index (χ0) is 29.7. The van der Waals surface area contributed by atoms with Crippen molar-refractivity contribution in [2.24, 2.45) is 34.8 Å². The first-order valence-electron chi connectivity index (χ1n) is 12.4. The Kier molecular flexibility index (Phi) is 8.19. The minimum absolute atomic E-state index is 0.151. The summed E-state index contributed by atoms with van der Waals surface area (Å²) >= 11 is 0. The number of nitrogens with one attached hydrogen (secondary N) is 3. The molecule has 3 rings (SSSR count). The Bertz CT molecular complexity index is 1030. The maximum Gasteiger partial charge on any atom is 0.471 e. The number of halogens is 6. The Labute approximate surface area is 219 Å². The molecule has 2 unspecified atom stereocenters. The third-order valence-corrected chi connectivity index (χ3v) is 8.18. The first-order valence-corrected chi connectivity index (χ1v) is 12.4. The van der Waals surface area contributed by atoms with Gasteiger partial charge in [0.25, 0.3) is 0 Å². The maximum absolute atomic E-state index is 13.7. The van der Waals surface area contributed by atoms with Crippen LogP contribution in [0.15, 0.2) is 0 Å². The second-order valence-electron chi connectivity index (χ2n) is 10.9. The first-order chi connectivity index (χ1) is 17.8. The molecule has 2 saturated heterocycles. The minimum atomic E-state index is -5.56. The van der Waals surface area contributed by atoms with Gasteiger partial charge in [-0.1, -0.05) is 20.8 Å². The number of alkyl halides is 6. The fourth-order valence-corrected chi connectivity index (χ4v) is 5.86. The van der Waals surface area contributed by atoms with Crippen molar-refractivity contribution in [1.82, 2.24) is 20.9 Å². The summed E-state index contributed by atoms with van der Waals surface area (Å²) < 4.78 is 80.1. The number of nitrogens with zero attached hydrogens (tertiary/aromatic N) is 1. The average molecular weight is 572 g/mol. The van der Waals surface area contributed by atoms with Gasteiger partial charge in [-0.05, 0) is 36.5 Å². The number of nitrogens with two attached hydrogens (primary N) is 1. The highest BCUT2D eigenvalue weighted by Crippen LogP contribution is 2.65. The molecule has 3 aliphatic rings. The van der Waals surface area contributed by atoms with E-state index in [0.717, 1.165) is 11.8 Å². The van der Waals surface area contributed by atoms with Gasteiger partial charge in [0, 0.05) is 19.0 Å².